The van der Waals surface area contributed by atoms with Crippen molar-refractivity contribution < 1.29 is 38.8 Å². The molecule has 1 amide bonds. The van der Waals surface area contributed by atoms with Crippen LogP contribution in [0.15, 0.2) is 0 Å². The molecule has 1 aliphatic heterocycles. The van der Waals surface area contributed by atoms with E-state index < -0.39 is 55.1 Å². The number of ether oxygens (including phenoxy) is 3. The van der Waals surface area contributed by atoms with Crippen molar-refractivity contribution in [3.05, 3.63) is 0 Å². The molecule has 3 N–H and O–H groups in total. The van der Waals surface area contributed by atoms with Crippen LogP contribution in [0.1, 0.15) is 20.8 Å². The molecule has 9 nitrogen and oxygen atoms in total. The van der Waals surface area contributed by atoms with Crippen molar-refractivity contribution in [2.75, 3.05) is 6.61 Å². The normalized spacial score (nSPS) is 32.1. The lowest BCUT2D eigenvalue weighted by molar-refractivity contribution is -0.263. The van der Waals surface area contributed by atoms with E-state index in [0.29, 0.717) is 0 Å². The van der Waals surface area contributed by atoms with Gasteiger partial charge >= 0.3 is 11.9 Å². The molecule has 1 heterocycles. The van der Waals surface area contributed by atoms with Crippen LogP contribution in [0.25, 0.3) is 0 Å². The smallest absolute Gasteiger partial charge is 0.303 e. The first-order valence-electron chi connectivity index (χ1n) is 6.32. The Morgan fingerprint density at radius 1 is 1.10 bits per heavy atom. The third-order valence-electron chi connectivity index (χ3n) is 2.82. The molecule has 0 bridgehead atoms. The van der Waals surface area contributed by atoms with Gasteiger partial charge in [-0.2, -0.15) is 0 Å². The fourth-order valence-electron chi connectivity index (χ4n) is 2.12. The molecular formula is C12H19NO8. The largest absolute Gasteiger partial charge is 0.456 e. The van der Waals surface area contributed by atoms with E-state index in [1.807, 2.05) is 0 Å². The van der Waals surface area contributed by atoms with E-state index in [1.54, 1.807) is 0 Å². The molecule has 21 heavy (non-hydrogen) atoms. The van der Waals surface area contributed by atoms with Crippen LogP contribution in [-0.4, -0.2) is 65.3 Å². The highest BCUT2D eigenvalue weighted by molar-refractivity contribution is 5.73. The van der Waals surface area contributed by atoms with Gasteiger partial charge in [-0.05, 0) is 0 Å². The predicted octanol–water partition coefficient (Wildman–Crippen LogP) is -1.94. The summed E-state index contributed by atoms with van der Waals surface area (Å²) in [6, 6.07) is -1.13. The summed E-state index contributed by atoms with van der Waals surface area (Å²) < 4.78 is 15.1. The van der Waals surface area contributed by atoms with Crippen molar-refractivity contribution in [3.8, 4) is 0 Å². The summed E-state index contributed by atoms with van der Waals surface area (Å²) in [5.74, 6) is -1.88. The predicted molar refractivity (Wildman–Crippen MR) is 66.7 cm³/mol. The molecule has 0 radical (unpaired) electrons. The van der Waals surface area contributed by atoms with Crippen LogP contribution in [0, 0.1) is 0 Å². The van der Waals surface area contributed by atoms with E-state index in [4.69, 9.17) is 14.2 Å². The second-order valence-electron chi connectivity index (χ2n) is 4.62. The molecule has 1 fully saturated rings. The fourth-order valence-corrected chi connectivity index (χ4v) is 2.12. The molecule has 0 aromatic rings. The van der Waals surface area contributed by atoms with Crippen molar-refractivity contribution in [1.82, 2.24) is 5.32 Å². The van der Waals surface area contributed by atoms with E-state index in [2.05, 4.69) is 5.32 Å². The Morgan fingerprint density at radius 2 is 1.62 bits per heavy atom. The van der Waals surface area contributed by atoms with Crippen LogP contribution in [0.3, 0.4) is 0 Å². The Balaban J connectivity index is 3.08. The average molecular weight is 305 g/mol. The minimum atomic E-state index is -1.53. The lowest BCUT2D eigenvalue weighted by atomic mass is 9.96. The first-order chi connectivity index (χ1) is 9.76. The van der Waals surface area contributed by atoms with Crippen molar-refractivity contribution in [2.24, 2.45) is 0 Å². The number of hydrogen-bond donors (Lipinski definition) is 3. The van der Waals surface area contributed by atoms with E-state index in [9.17, 15) is 24.6 Å². The number of carbonyl (C=O) groups is 3. The maximum absolute atomic E-state index is 11.2. The maximum atomic E-state index is 11.2. The molecule has 9 heteroatoms. The Bertz CT molecular complexity index is 412. The number of nitrogens with one attached hydrogen (secondary N) is 1. The standard InChI is InChI=1S/C12H19NO8/c1-5(15)13-9-11(20-7(3)17)10(19-6(2)16)8(4-14)21-12(9)18/h8-12,14,18H,4H2,1-3H3,(H,13,15)/t8?,9?,10-,11?,12+/m1/s1. The quantitative estimate of drug-likeness (QED) is 0.511. The number of carbonyl (C=O) groups excluding carboxylic acids is 3. The van der Waals surface area contributed by atoms with Gasteiger partial charge in [-0.15, -0.1) is 0 Å². The number of hydrogen-bond acceptors (Lipinski definition) is 8. The highest BCUT2D eigenvalue weighted by Gasteiger charge is 2.49. The van der Waals surface area contributed by atoms with Gasteiger partial charge in [0.1, 0.15) is 12.1 Å². The second-order valence-corrected chi connectivity index (χ2v) is 4.62. The van der Waals surface area contributed by atoms with Crippen LogP contribution in [0.5, 0.6) is 0 Å². The molecule has 1 aliphatic rings. The minimum absolute atomic E-state index is 0.496. The number of aliphatic hydroxyl groups excluding tert-OH is 2. The molecule has 0 aromatic heterocycles. The lowest BCUT2D eigenvalue weighted by Crippen LogP contribution is -2.65. The molecule has 1 rings (SSSR count). The average Bonchev–Trinajstić information content (AvgIpc) is 2.35. The van der Waals surface area contributed by atoms with Crippen LogP contribution >= 0.6 is 0 Å². The van der Waals surface area contributed by atoms with Gasteiger partial charge in [0, 0.05) is 20.8 Å². The molecular weight excluding hydrogens is 286 g/mol. The van der Waals surface area contributed by atoms with Crippen LogP contribution in [-0.2, 0) is 28.6 Å². The third kappa shape index (κ3) is 4.66. The molecule has 3 unspecified atom stereocenters. The first-order valence-corrected chi connectivity index (χ1v) is 6.32. The summed E-state index contributed by atoms with van der Waals surface area (Å²) in [5, 5.41) is 21.5. The molecule has 0 aliphatic carbocycles. The number of rotatable bonds is 4. The SMILES string of the molecule is CC(=O)NC1C(OC(C)=O)[C@H](OC(C)=O)C(CO)O[C@@H]1O. The number of esters is 2. The zero-order valence-electron chi connectivity index (χ0n) is 11.9. The first kappa shape index (κ1) is 17.3. The lowest BCUT2D eigenvalue weighted by Gasteiger charge is -2.43. The van der Waals surface area contributed by atoms with Crippen molar-refractivity contribution >= 4 is 17.8 Å². The molecule has 0 spiro atoms. The van der Waals surface area contributed by atoms with Crippen LogP contribution in [0.2, 0.25) is 0 Å². The summed E-state index contributed by atoms with van der Waals surface area (Å²) in [7, 11) is 0. The van der Waals surface area contributed by atoms with Crippen molar-refractivity contribution in [3.63, 3.8) is 0 Å². The number of aliphatic hydroxyl groups is 2. The Kier molecular flexibility index (Phi) is 6.06. The highest BCUT2D eigenvalue weighted by Crippen LogP contribution is 2.25. The molecule has 0 aromatic carbocycles. The highest BCUT2D eigenvalue weighted by atomic mass is 16.7. The summed E-state index contributed by atoms with van der Waals surface area (Å²) >= 11 is 0. The zero-order chi connectivity index (χ0) is 16.2. The van der Waals surface area contributed by atoms with Gasteiger partial charge in [-0.1, -0.05) is 0 Å². The maximum Gasteiger partial charge on any atom is 0.303 e. The summed E-state index contributed by atoms with van der Waals surface area (Å²) in [4.78, 5) is 33.6. The van der Waals surface area contributed by atoms with Crippen LogP contribution < -0.4 is 5.32 Å². The third-order valence-corrected chi connectivity index (χ3v) is 2.82. The van der Waals surface area contributed by atoms with Gasteiger partial charge < -0.3 is 29.7 Å². The minimum Gasteiger partial charge on any atom is -0.456 e. The van der Waals surface area contributed by atoms with E-state index in [1.165, 1.54) is 6.92 Å². The van der Waals surface area contributed by atoms with E-state index >= 15 is 0 Å². The van der Waals surface area contributed by atoms with Gasteiger partial charge in [0.15, 0.2) is 18.5 Å². The monoisotopic (exact) mass is 305 g/mol. The van der Waals surface area contributed by atoms with Crippen LogP contribution in [0.4, 0.5) is 0 Å². The zero-order valence-corrected chi connectivity index (χ0v) is 11.9. The van der Waals surface area contributed by atoms with Gasteiger partial charge in [-0.25, -0.2) is 0 Å². The Hall–Kier alpha value is -1.71. The fraction of sp³-hybridized carbons (Fsp3) is 0.750. The van der Waals surface area contributed by atoms with E-state index in [-0.39, 0.29) is 0 Å². The van der Waals surface area contributed by atoms with Gasteiger partial charge in [0.05, 0.1) is 6.61 Å². The Morgan fingerprint density at radius 3 is 2.05 bits per heavy atom. The van der Waals surface area contributed by atoms with Crippen molar-refractivity contribution in [1.29, 1.82) is 0 Å². The molecule has 1 saturated heterocycles. The van der Waals surface area contributed by atoms with Gasteiger partial charge in [-0.3, -0.25) is 14.4 Å². The van der Waals surface area contributed by atoms with Gasteiger partial charge in [0.2, 0.25) is 5.91 Å². The molecule has 5 atom stereocenters. The molecule has 0 saturated carbocycles. The summed E-state index contributed by atoms with van der Waals surface area (Å²) in [6.45, 7) is 2.90. The number of amides is 1. The summed E-state index contributed by atoms with van der Waals surface area (Å²) in [5.41, 5.74) is 0. The second kappa shape index (κ2) is 7.34. The topological polar surface area (TPSA) is 131 Å². The Labute approximate surface area is 121 Å². The van der Waals surface area contributed by atoms with E-state index in [0.717, 1.165) is 13.8 Å². The van der Waals surface area contributed by atoms with Gasteiger partial charge in [0.25, 0.3) is 0 Å². The summed E-state index contributed by atoms with van der Waals surface area (Å²) in [6.07, 6.45) is -4.95. The van der Waals surface area contributed by atoms with Crippen molar-refractivity contribution in [2.45, 2.75) is 51.4 Å². The molecule has 120 valence electrons.